The van der Waals surface area contributed by atoms with Gasteiger partial charge in [0.1, 0.15) is 0 Å². The average Bonchev–Trinajstić information content (AvgIpc) is 2.56. The van der Waals surface area contributed by atoms with E-state index in [0.29, 0.717) is 24.3 Å². The molecule has 1 fully saturated rings. The van der Waals surface area contributed by atoms with E-state index in [9.17, 15) is 14.4 Å². The van der Waals surface area contributed by atoms with Gasteiger partial charge in [-0.3, -0.25) is 14.4 Å². The lowest BCUT2D eigenvalue weighted by Crippen LogP contribution is -2.47. The summed E-state index contributed by atoms with van der Waals surface area (Å²) < 4.78 is 0. The van der Waals surface area contributed by atoms with Crippen LogP contribution in [-0.2, 0) is 4.79 Å². The third kappa shape index (κ3) is 3.39. The van der Waals surface area contributed by atoms with Gasteiger partial charge in [-0.05, 0) is 18.2 Å². The van der Waals surface area contributed by atoms with E-state index in [-0.39, 0.29) is 23.9 Å². The minimum absolute atomic E-state index is 0.0435. The third-order valence-electron chi connectivity index (χ3n) is 3.58. The van der Waals surface area contributed by atoms with Gasteiger partial charge in [-0.25, -0.2) is 0 Å². The van der Waals surface area contributed by atoms with Gasteiger partial charge in [0, 0.05) is 25.4 Å². The van der Waals surface area contributed by atoms with Crippen LogP contribution in [0.4, 0.5) is 11.4 Å². The minimum atomic E-state index is -0.324. The predicted octanol–water partition coefficient (Wildman–Crippen LogP) is 0.563. The number of aromatic nitrogens is 1. The van der Waals surface area contributed by atoms with E-state index in [1.165, 1.54) is 18.3 Å². The van der Waals surface area contributed by atoms with Crippen molar-refractivity contribution in [3.05, 3.63) is 58.5 Å². The molecule has 118 valence electrons. The Kier molecular flexibility index (Phi) is 4.09. The van der Waals surface area contributed by atoms with E-state index >= 15 is 0 Å². The number of para-hydroxylation sites is 2. The van der Waals surface area contributed by atoms with Gasteiger partial charge >= 0.3 is 0 Å². The van der Waals surface area contributed by atoms with Gasteiger partial charge in [0.05, 0.1) is 23.5 Å². The summed E-state index contributed by atoms with van der Waals surface area (Å²) in [6.07, 6.45) is 1.37. The summed E-state index contributed by atoms with van der Waals surface area (Å²) in [7, 11) is 0. The Bertz CT molecular complexity index is 779. The van der Waals surface area contributed by atoms with Gasteiger partial charge in [-0.1, -0.05) is 12.1 Å². The van der Waals surface area contributed by atoms with Gasteiger partial charge in [-0.15, -0.1) is 0 Å². The molecule has 3 N–H and O–H groups in total. The summed E-state index contributed by atoms with van der Waals surface area (Å²) in [6.45, 7) is 1.50. The van der Waals surface area contributed by atoms with Crippen LogP contribution in [0.5, 0.6) is 0 Å². The van der Waals surface area contributed by atoms with Crippen LogP contribution in [0, 0.1) is 0 Å². The van der Waals surface area contributed by atoms with E-state index in [2.05, 4.69) is 15.6 Å². The summed E-state index contributed by atoms with van der Waals surface area (Å²) >= 11 is 0. The van der Waals surface area contributed by atoms with Crippen molar-refractivity contribution in [3.63, 3.8) is 0 Å². The van der Waals surface area contributed by atoms with E-state index < -0.39 is 0 Å². The zero-order chi connectivity index (χ0) is 16.2. The first kappa shape index (κ1) is 14.8. The van der Waals surface area contributed by atoms with Gasteiger partial charge in [0.25, 0.3) is 5.91 Å². The second-order valence-electron chi connectivity index (χ2n) is 5.18. The largest absolute Gasteiger partial charge is 0.359 e. The first-order valence-electron chi connectivity index (χ1n) is 7.24. The number of hydrogen-bond donors (Lipinski definition) is 3. The third-order valence-corrected chi connectivity index (χ3v) is 3.58. The molecule has 0 saturated carbocycles. The van der Waals surface area contributed by atoms with E-state index in [1.807, 2.05) is 23.1 Å². The molecule has 0 spiro atoms. The molecule has 1 aromatic heterocycles. The molecule has 3 rings (SSSR count). The van der Waals surface area contributed by atoms with Crippen LogP contribution in [0.3, 0.4) is 0 Å². The highest BCUT2D eigenvalue weighted by atomic mass is 16.2. The van der Waals surface area contributed by atoms with Gasteiger partial charge in [-0.2, -0.15) is 0 Å². The highest BCUT2D eigenvalue weighted by Gasteiger charge is 2.19. The van der Waals surface area contributed by atoms with E-state index in [0.717, 1.165) is 5.69 Å². The molecular formula is C16H16N4O3. The fourth-order valence-corrected chi connectivity index (χ4v) is 2.45. The number of pyridine rings is 1. The molecule has 7 heteroatoms. The number of anilines is 2. The molecule has 0 radical (unpaired) electrons. The average molecular weight is 312 g/mol. The monoisotopic (exact) mass is 312 g/mol. The van der Waals surface area contributed by atoms with Crippen molar-refractivity contribution < 1.29 is 9.59 Å². The van der Waals surface area contributed by atoms with Crippen LogP contribution in [0.2, 0.25) is 0 Å². The molecule has 23 heavy (non-hydrogen) atoms. The molecule has 1 aromatic carbocycles. The van der Waals surface area contributed by atoms with Crippen molar-refractivity contribution >= 4 is 23.2 Å². The van der Waals surface area contributed by atoms with Crippen LogP contribution >= 0.6 is 0 Å². The Morgan fingerprint density at radius 3 is 2.70 bits per heavy atom. The lowest BCUT2D eigenvalue weighted by molar-refractivity contribution is -0.120. The van der Waals surface area contributed by atoms with Crippen molar-refractivity contribution in [2.45, 2.75) is 0 Å². The smallest absolute Gasteiger partial charge is 0.257 e. The van der Waals surface area contributed by atoms with Crippen molar-refractivity contribution in [1.82, 2.24) is 10.3 Å². The number of nitrogens with zero attached hydrogens (tertiary/aromatic N) is 1. The fraction of sp³-hybridized carbons (Fsp3) is 0.188. The number of piperazine rings is 1. The molecule has 0 aliphatic carbocycles. The van der Waals surface area contributed by atoms with E-state index in [4.69, 9.17) is 0 Å². The maximum atomic E-state index is 12.3. The molecule has 2 aromatic rings. The molecule has 2 amide bonds. The summed E-state index contributed by atoms with van der Waals surface area (Å²) in [4.78, 5) is 39.3. The predicted molar refractivity (Wildman–Crippen MR) is 86.7 cm³/mol. The SMILES string of the molecule is O=C1CN(c2ccccc2NC(=O)c2ccc(=O)[nH]c2)CCN1. The van der Waals surface area contributed by atoms with Crippen molar-refractivity contribution in [3.8, 4) is 0 Å². The highest BCUT2D eigenvalue weighted by molar-refractivity contribution is 6.05. The Hall–Kier alpha value is -3.09. The standard InChI is InChI=1S/C16H16N4O3/c21-14-6-5-11(9-18-14)16(23)19-12-3-1-2-4-13(12)20-8-7-17-15(22)10-20/h1-6,9H,7-8,10H2,(H,17,22)(H,18,21)(H,19,23). The molecule has 1 aliphatic rings. The lowest BCUT2D eigenvalue weighted by Gasteiger charge is -2.30. The van der Waals surface area contributed by atoms with Crippen LogP contribution < -0.4 is 21.1 Å². The lowest BCUT2D eigenvalue weighted by atomic mass is 10.2. The maximum absolute atomic E-state index is 12.3. The second kappa shape index (κ2) is 6.35. The Balaban J connectivity index is 1.82. The molecule has 1 saturated heterocycles. The number of H-pyrrole nitrogens is 1. The number of benzene rings is 1. The summed E-state index contributed by atoms with van der Waals surface area (Å²) in [5.74, 6) is -0.367. The molecule has 0 unspecified atom stereocenters. The zero-order valence-electron chi connectivity index (χ0n) is 12.3. The quantitative estimate of drug-likeness (QED) is 0.772. The Morgan fingerprint density at radius 2 is 1.96 bits per heavy atom. The minimum Gasteiger partial charge on any atom is -0.359 e. The Labute approximate surface area is 132 Å². The van der Waals surface area contributed by atoms with Gasteiger partial charge in [0.15, 0.2) is 0 Å². The number of amides is 2. The zero-order valence-corrected chi connectivity index (χ0v) is 12.3. The number of aromatic amines is 1. The number of carbonyl (C=O) groups is 2. The van der Waals surface area contributed by atoms with Crippen LogP contribution in [0.1, 0.15) is 10.4 Å². The number of nitrogens with one attached hydrogen (secondary N) is 3. The van der Waals surface area contributed by atoms with Crippen LogP contribution in [0.15, 0.2) is 47.4 Å². The molecule has 2 heterocycles. The first-order valence-corrected chi connectivity index (χ1v) is 7.24. The fourth-order valence-electron chi connectivity index (χ4n) is 2.45. The number of hydrogen-bond acceptors (Lipinski definition) is 4. The number of carbonyl (C=O) groups excluding carboxylic acids is 2. The normalized spacial score (nSPS) is 14.3. The summed E-state index contributed by atoms with van der Waals surface area (Å²) in [5.41, 5.74) is 1.51. The van der Waals surface area contributed by atoms with Gasteiger partial charge < -0.3 is 20.5 Å². The van der Waals surface area contributed by atoms with Crippen molar-refractivity contribution in [2.75, 3.05) is 29.9 Å². The molecule has 1 aliphatic heterocycles. The molecular weight excluding hydrogens is 296 g/mol. The second-order valence-corrected chi connectivity index (χ2v) is 5.18. The maximum Gasteiger partial charge on any atom is 0.257 e. The number of rotatable bonds is 3. The van der Waals surface area contributed by atoms with E-state index in [1.54, 1.807) is 6.07 Å². The molecule has 7 nitrogen and oxygen atoms in total. The molecule has 0 atom stereocenters. The van der Waals surface area contributed by atoms with Crippen molar-refractivity contribution in [2.24, 2.45) is 0 Å². The van der Waals surface area contributed by atoms with Crippen LogP contribution in [-0.4, -0.2) is 36.4 Å². The highest BCUT2D eigenvalue weighted by Crippen LogP contribution is 2.26. The summed E-state index contributed by atoms with van der Waals surface area (Å²) in [5, 5.41) is 5.60. The topological polar surface area (TPSA) is 94.3 Å². The Morgan fingerprint density at radius 1 is 1.13 bits per heavy atom. The van der Waals surface area contributed by atoms with Gasteiger partial charge in [0.2, 0.25) is 11.5 Å². The molecule has 0 bridgehead atoms. The van der Waals surface area contributed by atoms with Crippen molar-refractivity contribution in [1.29, 1.82) is 0 Å². The summed E-state index contributed by atoms with van der Waals surface area (Å²) in [6, 6.07) is 10.1. The van der Waals surface area contributed by atoms with Crippen LogP contribution in [0.25, 0.3) is 0 Å². The first-order chi connectivity index (χ1) is 11.1.